The quantitative estimate of drug-likeness (QED) is 0.0562. The van der Waals surface area contributed by atoms with Crippen LogP contribution in [0, 0.1) is 0 Å². The number of hydrogen-bond acceptors (Lipinski definition) is 8. The van der Waals surface area contributed by atoms with Gasteiger partial charge in [0, 0.05) is 34.1 Å². The number of anilines is 3. The van der Waals surface area contributed by atoms with E-state index in [-0.39, 0.29) is 32.7 Å². The van der Waals surface area contributed by atoms with Crippen molar-refractivity contribution in [3.63, 3.8) is 0 Å². The zero-order valence-corrected chi connectivity index (χ0v) is 28.0. The molecule has 0 heterocycles. The molecule has 3 amide bonds. The maximum atomic E-state index is 12.6. The first-order valence-electron chi connectivity index (χ1n) is 13.4. The van der Waals surface area contributed by atoms with Crippen LogP contribution in [0.1, 0.15) is 18.4 Å². The molecule has 0 fully saturated rings. The number of carbonyl (C=O) groups excluding carboxylic acids is 4. The Morgan fingerprint density at radius 1 is 0.860 bits per heavy atom. The first-order valence-corrected chi connectivity index (χ1v) is 16.5. The number of benzene rings is 2. The predicted octanol–water partition coefficient (Wildman–Crippen LogP) is 5.84. The minimum absolute atomic E-state index is 0.0171. The lowest BCUT2D eigenvalue weighted by Crippen LogP contribution is -2.44. The van der Waals surface area contributed by atoms with E-state index < -0.39 is 30.1 Å². The average Bonchev–Trinajstić information content (AvgIpc) is 3.00. The predicted molar refractivity (Wildman–Crippen MR) is 184 cm³/mol. The van der Waals surface area contributed by atoms with Crippen LogP contribution in [0.5, 0.6) is 0 Å². The number of halogens is 2. The summed E-state index contributed by atoms with van der Waals surface area (Å²) in [5.74, 6) is -1.24. The van der Waals surface area contributed by atoms with Crippen LogP contribution in [0.3, 0.4) is 0 Å². The summed E-state index contributed by atoms with van der Waals surface area (Å²) in [6.07, 6.45) is 2.12. The number of ether oxygens (including phenoxy) is 3. The van der Waals surface area contributed by atoms with Gasteiger partial charge in [-0.1, -0.05) is 94.8 Å². The first kappa shape index (κ1) is 35.9. The number of carbonyl (C=O) groups is 4. The van der Waals surface area contributed by atoms with Crippen LogP contribution in [0.25, 0.3) is 0 Å². The zero-order chi connectivity index (χ0) is 31.5. The molecule has 0 bridgehead atoms. The van der Waals surface area contributed by atoms with Crippen molar-refractivity contribution in [3.8, 4) is 0 Å². The van der Waals surface area contributed by atoms with Crippen molar-refractivity contribution in [1.29, 1.82) is 0 Å². The molecule has 2 rings (SSSR count). The highest BCUT2D eigenvalue weighted by atomic mass is 127. The van der Waals surface area contributed by atoms with Crippen molar-refractivity contribution >= 4 is 86.3 Å². The molecule has 0 saturated carbocycles. The van der Waals surface area contributed by atoms with Crippen molar-refractivity contribution < 1.29 is 33.4 Å². The fraction of sp³-hybridized carbons (Fsp3) is 0.333. The van der Waals surface area contributed by atoms with Gasteiger partial charge in [-0.05, 0) is 36.2 Å². The van der Waals surface area contributed by atoms with Gasteiger partial charge in [-0.3, -0.25) is 10.1 Å². The van der Waals surface area contributed by atoms with E-state index in [1.54, 1.807) is 24.3 Å². The number of rotatable bonds is 18. The molecule has 11 nitrogen and oxygen atoms in total. The third-order valence-electron chi connectivity index (χ3n) is 5.70. The van der Waals surface area contributed by atoms with Crippen molar-refractivity contribution in [2.75, 3.05) is 50.7 Å². The minimum Gasteiger partial charge on any atom is -0.461 e. The van der Waals surface area contributed by atoms with Crippen LogP contribution in [0.2, 0.25) is 0 Å². The smallest absolute Gasteiger partial charge is 0.412 e. The van der Waals surface area contributed by atoms with E-state index >= 15 is 0 Å². The maximum absolute atomic E-state index is 12.6. The summed E-state index contributed by atoms with van der Waals surface area (Å²) in [4.78, 5) is 51.6. The Kier molecular flexibility index (Phi) is 17.1. The summed E-state index contributed by atoms with van der Waals surface area (Å²) in [6, 6.07) is 12.5. The second-order valence-corrected chi connectivity index (χ2v) is 11.0. The monoisotopic (exact) mass is 818 g/mol. The van der Waals surface area contributed by atoms with Gasteiger partial charge in [0.15, 0.2) is 0 Å². The summed E-state index contributed by atoms with van der Waals surface area (Å²) in [5.41, 5.74) is 2.75. The number of nitrogens with one attached hydrogen (secondary N) is 3. The molecule has 2 aromatic carbocycles. The lowest BCUT2D eigenvalue weighted by molar-refractivity contribution is -0.146. The van der Waals surface area contributed by atoms with E-state index in [0.29, 0.717) is 16.9 Å². The molecule has 0 aliphatic rings. The first-order chi connectivity index (χ1) is 20.8. The Morgan fingerprint density at radius 2 is 1.51 bits per heavy atom. The molecule has 0 radical (unpaired) electrons. The Labute approximate surface area is 279 Å². The lowest BCUT2D eigenvalue weighted by Gasteiger charge is -2.25. The lowest BCUT2D eigenvalue weighted by atomic mass is 10.1. The molecule has 0 saturated heterocycles. The van der Waals surface area contributed by atoms with E-state index in [1.165, 1.54) is 12.2 Å². The van der Waals surface area contributed by atoms with Crippen LogP contribution in [-0.4, -0.2) is 65.3 Å². The molecular formula is C30H36I2N4O7. The van der Waals surface area contributed by atoms with E-state index in [2.05, 4.69) is 79.2 Å². The third kappa shape index (κ3) is 13.7. The van der Waals surface area contributed by atoms with Gasteiger partial charge in [-0.2, -0.15) is 0 Å². The van der Waals surface area contributed by atoms with Gasteiger partial charge in [0.05, 0.1) is 11.4 Å². The summed E-state index contributed by atoms with van der Waals surface area (Å²) in [7, 11) is 0. The maximum Gasteiger partial charge on any atom is 0.412 e. The largest absolute Gasteiger partial charge is 0.461 e. The third-order valence-corrected chi connectivity index (χ3v) is 6.67. The molecule has 3 N–H and O–H groups in total. The Balaban J connectivity index is 1.91. The highest BCUT2D eigenvalue weighted by Gasteiger charge is 2.23. The fourth-order valence-corrected chi connectivity index (χ4v) is 4.86. The zero-order valence-electron chi connectivity index (χ0n) is 23.7. The van der Waals surface area contributed by atoms with Crippen LogP contribution in [0.15, 0.2) is 73.8 Å². The number of alkyl halides is 2. The van der Waals surface area contributed by atoms with E-state index in [1.807, 2.05) is 24.3 Å². The molecule has 0 spiro atoms. The van der Waals surface area contributed by atoms with Gasteiger partial charge in [0.25, 0.3) is 0 Å². The molecule has 0 aromatic heterocycles. The Bertz CT molecular complexity index is 1220. The molecule has 0 aliphatic carbocycles. The number of esters is 2. The van der Waals surface area contributed by atoms with Crippen LogP contribution < -0.4 is 20.9 Å². The van der Waals surface area contributed by atoms with Crippen molar-refractivity contribution in [2.24, 2.45) is 0 Å². The van der Waals surface area contributed by atoms with E-state index in [4.69, 9.17) is 14.2 Å². The highest BCUT2D eigenvalue weighted by Crippen LogP contribution is 2.26. The van der Waals surface area contributed by atoms with Crippen molar-refractivity contribution in [2.45, 2.75) is 25.5 Å². The summed E-state index contributed by atoms with van der Waals surface area (Å²) in [6.45, 7) is 8.72. The van der Waals surface area contributed by atoms with Crippen molar-refractivity contribution in [3.05, 3.63) is 79.4 Å². The SMILES string of the molecule is C=CCOC(=O)CC[C@H](NC(=O)Nc1ccc(COC(=O)Nc2ccccc2N(CCI)CCI)cc1)C(=O)OCC=C. The molecule has 232 valence electrons. The summed E-state index contributed by atoms with van der Waals surface area (Å²) in [5, 5.41) is 7.99. The topological polar surface area (TPSA) is 135 Å². The normalized spacial score (nSPS) is 10.9. The van der Waals surface area contributed by atoms with Gasteiger partial charge < -0.3 is 29.7 Å². The van der Waals surface area contributed by atoms with Gasteiger partial charge in [-0.15, -0.1) is 0 Å². The van der Waals surface area contributed by atoms with Crippen molar-refractivity contribution in [1.82, 2.24) is 5.32 Å². The van der Waals surface area contributed by atoms with Gasteiger partial charge in [-0.25, -0.2) is 14.4 Å². The number of nitrogens with zero attached hydrogens (tertiary/aromatic N) is 1. The second-order valence-electron chi connectivity index (χ2n) is 8.86. The van der Waals surface area contributed by atoms with Crippen LogP contribution in [0.4, 0.5) is 26.7 Å². The molecule has 1 atom stereocenters. The highest BCUT2D eigenvalue weighted by molar-refractivity contribution is 14.1. The average molecular weight is 818 g/mol. The number of para-hydroxylation sites is 2. The van der Waals surface area contributed by atoms with Crippen LogP contribution in [-0.2, 0) is 30.4 Å². The molecular weight excluding hydrogens is 782 g/mol. The fourth-order valence-electron chi connectivity index (χ4n) is 3.69. The Morgan fingerprint density at radius 3 is 2.16 bits per heavy atom. The second kappa shape index (κ2) is 20.5. The van der Waals surface area contributed by atoms with Crippen LogP contribution >= 0.6 is 45.2 Å². The molecule has 43 heavy (non-hydrogen) atoms. The molecule has 2 aromatic rings. The van der Waals surface area contributed by atoms with E-state index in [9.17, 15) is 19.2 Å². The number of amides is 3. The van der Waals surface area contributed by atoms with E-state index in [0.717, 1.165) is 27.6 Å². The standard InChI is InChI=1S/C30H36I2N4O7/c1-3-19-41-27(37)14-13-25(28(38)42-20-4-2)34-29(39)33-23-11-9-22(10-12-23)21-43-30(40)35-24-7-5-6-8-26(24)36(17-15-31)18-16-32/h3-12,25H,1-2,13-21H2,(H,35,40)(H2,33,34,39)/t25-/m0/s1. The van der Waals surface area contributed by atoms with Gasteiger partial charge in [0.2, 0.25) is 0 Å². The minimum atomic E-state index is -1.08. The summed E-state index contributed by atoms with van der Waals surface area (Å²) < 4.78 is 17.3. The molecule has 0 aliphatic heterocycles. The number of hydrogen-bond donors (Lipinski definition) is 3. The Hall–Kier alpha value is -3.34. The number of urea groups is 1. The van der Waals surface area contributed by atoms with Gasteiger partial charge >= 0.3 is 24.1 Å². The van der Waals surface area contributed by atoms with Gasteiger partial charge in [0.1, 0.15) is 25.9 Å². The summed E-state index contributed by atoms with van der Waals surface area (Å²) >= 11 is 4.67. The molecule has 0 unspecified atom stereocenters. The molecule has 13 heteroatoms.